The smallest absolute Gasteiger partial charge is 0.419 e. The molecule has 0 aromatic carbocycles. The quantitative estimate of drug-likeness (QED) is 0.405. The van der Waals surface area contributed by atoms with Crippen molar-refractivity contribution in [1.29, 1.82) is 0 Å². The predicted octanol–water partition coefficient (Wildman–Crippen LogP) is 2.86. The van der Waals surface area contributed by atoms with Crippen LogP contribution in [0.25, 0.3) is 0 Å². The molecule has 0 aliphatic carbocycles. The van der Waals surface area contributed by atoms with Crippen LogP contribution in [0, 0.1) is 0 Å². The van der Waals surface area contributed by atoms with E-state index in [2.05, 4.69) is 25.9 Å². The van der Waals surface area contributed by atoms with Crippen molar-refractivity contribution in [1.82, 2.24) is 15.6 Å². The molecule has 2 aromatic rings. The molecular formula is C16H20F3N5O. The highest BCUT2D eigenvalue weighted by molar-refractivity contribution is 5.79. The van der Waals surface area contributed by atoms with Crippen LogP contribution in [0.2, 0.25) is 0 Å². The first kappa shape index (κ1) is 18.6. The van der Waals surface area contributed by atoms with Gasteiger partial charge in [0.25, 0.3) is 0 Å². The van der Waals surface area contributed by atoms with Gasteiger partial charge in [-0.1, -0.05) is 0 Å². The van der Waals surface area contributed by atoms with Crippen LogP contribution in [-0.2, 0) is 12.7 Å². The molecule has 0 spiro atoms. The van der Waals surface area contributed by atoms with E-state index in [1.807, 2.05) is 13.0 Å². The summed E-state index contributed by atoms with van der Waals surface area (Å²) >= 11 is 0. The zero-order valence-corrected chi connectivity index (χ0v) is 13.7. The van der Waals surface area contributed by atoms with Gasteiger partial charge in [-0.2, -0.15) is 13.2 Å². The molecule has 25 heavy (non-hydrogen) atoms. The fourth-order valence-corrected chi connectivity index (χ4v) is 2.04. The number of aromatic nitrogens is 1. The molecule has 0 saturated heterocycles. The SMILES string of the molecule is CCNC(=NCc1ccco1)NCCNc1ncccc1C(F)(F)F. The minimum atomic E-state index is -4.44. The van der Waals surface area contributed by atoms with Crippen molar-refractivity contribution >= 4 is 11.8 Å². The number of nitrogens with zero attached hydrogens (tertiary/aromatic N) is 2. The van der Waals surface area contributed by atoms with Crippen molar-refractivity contribution in [3.63, 3.8) is 0 Å². The fourth-order valence-electron chi connectivity index (χ4n) is 2.04. The van der Waals surface area contributed by atoms with Crippen LogP contribution in [-0.4, -0.2) is 30.6 Å². The summed E-state index contributed by atoms with van der Waals surface area (Å²) in [7, 11) is 0. The molecule has 136 valence electrons. The minimum Gasteiger partial charge on any atom is -0.467 e. The average Bonchev–Trinajstić information content (AvgIpc) is 3.09. The minimum absolute atomic E-state index is 0.186. The Morgan fingerprint density at radius 3 is 2.72 bits per heavy atom. The summed E-state index contributed by atoms with van der Waals surface area (Å²) in [6.07, 6.45) is -1.55. The topological polar surface area (TPSA) is 74.5 Å². The molecule has 0 aliphatic rings. The van der Waals surface area contributed by atoms with Crippen LogP contribution in [0.1, 0.15) is 18.2 Å². The highest BCUT2D eigenvalue weighted by atomic mass is 19.4. The van der Waals surface area contributed by atoms with Crippen LogP contribution < -0.4 is 16.0 Å². The first-order valence-electron chi connectivity index (χ1n) is 7.81. The summed E-state index contributed by atoms with van der Waals surface area (Å²) in [5.41, 5.74) is -0.784. The molecule has 0 unspecified atom stereocenters. The highest BCUT2D eigenvalue weighted by Gasteiger charge is 2.33. The van der Waals surface area contributed by atoms with Gasteiger partial charge in [0.15, 0.2) is 5.96 Å². The van der Waals surface area contributed by atoms with Crippen LogP contribution in [0.5, 0.6) is 0 Å². The van der Waals surface area contributed by atoms with E-state index in [0.717, 1.165) is 11.8 Å². The summed E-state index contributed by atoms with van der Waals surface area (Å²) in [5, 5.41) is 8.78. The van der Waals surface area contributed by atoms with E-state index in [9.17, 15) is 13.2 Å². The second-order valence-corrected chi connectivity index (χ2v) is 5.03. The lowest BCUT2D eigenvalue weighted by atomic mass is 10.2. The monoisotopic (exact) mass is 355 g/mol. The Balaban J connectivity index is 1.85. The predicted molar refractivity (Wildman–Crippen MR) is 89.3 cm³/mol. The van der Waals surface area contributed by atoms with Gasteiger partial charge in [-0.05, 0) is 31.2 Å². The molecule has 9 heteroatoms. The van der Waals surface area contributed by atoms with E-state index in [-0.39, 0.29) is 12.4 Å². The Morgan fingerprint density at radius 2 is 2.04 bits per heavy atom. The molecule has 0 amide bonds. The van der Waals surface area contributed by atoms with Gasteiger partial charge >= 0.3 is 6.18 Å². The van der Waals surface area contributed by atoms with E-state index in [1.165, 1.54) is 12.3 Å². The van der Waals surface area contributed by atoms with E-state index in [4.69, 9.17) is 4.42 Å². The van der Waals surface area contributed by atoms with Gasteiger partial charge in [0, 0.05) is 25.8 Å². The summed E-state index contributed by atoms with van der Waals surface area (Å²) in [6.45, 7) is 3.58. The van der Waals surface area contributed by atoms with Crippen molar-refractivity contribution in [2.24, 2.45) is 4.99 Å². The van der Waals surface area contributed by atoms with Gasteiger partial charge in [0.2, 0.25) is 0 Å². The van der Waals surface area contributed by atoms with Crippen molar-refractivity contribution in [3.05, 3.63) is 48.0 Å². The number of hydrogen-bond acceptors (Lipinski definition) is 4. The molecule has 0 atom stereocenters. The molecule has 0 fully saturated rings. The maximum Gasteiger partial charge on any atom is 0.419 e. The van der Waals surface area contributed by atoms with Crippen LogP contribution in [0.15, 0.2) is 46.1 Å². The first-order chi connectivity index (χ1) is 12.0. The number of guanidine groups is 1. The number of nitrogens with one attached hydrogen (secondary N) is 3. The number of halogens is 3. The zero-order valence-electron chi connectivity index (χ0n) is 13.7. The Kier molecular flexibility index (Phi) is 6.67. The number of alkyl halides is 3. The van der Waals surface area contributed by atoms with Crippen molar-refractivity contribution < 1.29 is 17.6 Å². The van der Waals surface area contributed by atoms with E-state index in [0.29, 0.717) is 25.6 Å². The molecule has 2 rings (SSSR count). The summed E-state index contributed by atoms with van der Waals surface area (Å²) in [6, 6.07) is 5.85. The number of pyridine rings is 1. The third-order valence-corrected chi connectivity index (χ3v) is 3.14. The van der Waals surface area contributed by atoms with Gasteiger partial charge in [0.1, 0.15) is 18.1 Å². The van der Waals surface area contributed by atoms with E-state index >= 15 is 0 Å². The number of aliphatic imine (C=N–C) groups is 1. The van der Waals surface area contributed by atoms with Crippen molar-refractivity contribution in [3.8, 4) is 0 Å². The van der Waals surface area contributed by atoms with E-state index in [1.54, 1.807) is 12.3 Å². The van der Waals surface area contributed by atoms with Crippen LogP contribution >= 0.6 is 0 Å². The van der Waals surface area contributed by atoms with Gasteiger partial charge in [-0.25, -0.2) is 9.98 Å². The molecule has 0 aliphatic heterocycles. The summed E-state index contributed by atoms with van der Waals surface area (Å²) in [5.74, 6) is 1.09. The Morgan fingerprint density at radius 1 is 1.20 bits per heavy atom. The molecule has 3 N–H and O–H groups in total. The molecule has 2 heterocycles. The lowest BCUT2D eigenvalue weighted by molar-refractivity contribution is -0.137. The first-order valence-corrected chi connectivity index (χ1v) is 7.81. The van der Waals surface area contributed by atoms with Gasteiger partial charge in [-0.3, -0.25) is 0 Å². The zero-order chi connectivity index (χ0) is 18.1. The average molecular weight is 355 g/mol. The van der Waals surface area contributed by atoms with Crippen LogP contribution in [0.4, 0.5) is 19.0 Å². The standard InChI is InChI=1S/C16H20F3N5O/c1-2-20-15(24-11-12-5-4-10-25-12)23-9-8-22-14-13(16(17,18)19)6-3-7-21-14/h3-7,10H,2,8-9,11H2,1H3,(H,21,22)(H2,20,23,24). The maximum absolute atomic E-state index is 12.9. The second kappa shape index (κ2) is 8.95. The summed E-state index contributed by atoms with van der Waals surface area (Å²) in [4.78, 5) is 8.09. The van der Waals surface area contributed by atoms with Gasteiger partial charge < -0.3 is 20.4 Å². The normalized spacial score (nSPS) is 12.1. The molecule has 0 radical (unpaired) electrons. The van der Waals surface area contributed by atoms with Gasteiger partial charge in [0.05, 0.1) is 11.8 Å². The van der Waals surface area contributed by atoms with E-state index < -0.39 is 11.7 Å². The molecular weight excluding hydrogens is 335 g/mol. The summed E-state index contributed by atoms with van der Waals surface area (Å²) < 4.78 is 43.9. The highest BCUT2D eigenvalue weighted by Crippen LogP contribution is 2.33. The fraction of sp³-hybridized carbons (Fsp3) is 0.375. The second-order valence-electron chi connectivity index (χ2n) is 5.03. The van der Waals surface area contributed by atoms with Crippen LogP contribution in [0.3, 0.4) is 0 Å². The number of hydrogen-bond donors (Lipinski definition) is 3. The van der Waals surface area contributed by atoms with Crippen molar-refractivity contribution in [2.45, 2.75) is 19.6 Å². The Labute approximate surface area is 143 Å². The molecule has 0 bridgehead atoms. The Bertz CT molecular complexity index is 671. The molecule has 6 nitrogen and oxygen atoms in total. The third-order valence-electron chi connectivity index (χ3n) is 3.14. The maximum atomic E-state index is 12.9. The van der Waals surface area contributed by atoms with Crippen molar-refractivity contribution in [2.75, 3.05) is 25.0 Å². The largest absolute Gasteiger partial charge is 0.467 e. The lowest BCUT2D eigenvalue weighted by Crippen LogP contribution is -2.39. The lowest BCUT2D eigenvalue weighted by Gasteiger charge is -2.14. The number of rotatable bonds is 7. The van der Waals surface area contributed by atoms with Gasteiger partial charge in [-0.15, -0.1) is 0 Å². The molecule has 2 aromatic heterocycles. The Hall–Kier alpha value is -2.71. The number of furan rings is 1. The number of anilines is 1. The molecule has 0 saturated carbocycles. The third kappa shape index (κ3) is 6.02.